The van der Waals surface area contributed by atoms with Crippen molar-refractivity contribution < 1.29 is 18.7 Å². The molecule has 0 unspecified atom stereocenters. The second kappa shape index (κ2) is 4.68. The van der Waals surface area contributed by atoms with E-state index < -0.39 is 19.3 Å². The molecule has 1 saturated heterocycles. The smallest absolute Gasteiger partial charge is 0.201 e. The van der Waals surface area contributed by atoms with Gasteiger partial charge in [-0.2, -0.15) is 0 Å². The van der Waals surface area contributed by atoms with Gasteiger partial charge in [0, 0.05) is 12.8 Å². The lowest BCUT2D eigenvalue weighted by atomic mass is 9.62. The monoisotopic (exact) mass is 324 g/mol. The van der Waals surface area contributed by atoms with Crippen molar-refractivity contribution in [3.8, 4) is 0 Å². The molecule has 2 fully saturated rings. The van der Waals surface area contributed by atoms with E-state index >= 15 is 0 Å². The molecule has 124 valence electrons. The van der Waals surface area contributed by atoms with Gasteiger partial charge in [0.05, 0.1) is 17.8 Å². The molecule has 5 heteroatoms. The van der Waals surface area contributed by atoms with Crippen LogP contribution in [0.15, 0.2) is 12.3 Å². The number of ether oxygens (including phenoxy) is 2. The third-order valence-corrected chi connectivity index (χ3v) is 10.8. The quantitative estimate of drug-likeness (QED) is 0.725. The summed E-state index contributed by atoms with van der Waals surface area (Å²) in [5.74, 6) is 0.278. The summed E-state index contributed by atoms with van der Waals surface area (Å²) in [5, 5.41) is 0.133. The van der Waals surface area contributed by atoms with Crippen LogP contribution in [-0.4, -0.2) is 32.1 Å². The molecule has 4 nitrogen and oxygen atoms in total. The third kappa shape index (κ3) is 2.05. The Morgan fingerprint density at radius 1 is 1.36 bits per heavy atom. The molecule has 1 saturated carbocycles. The Balaban J connectivity index is 1.98. The topological polar surface area (TPSA) is 44.8 Å². The van der Waals surface area contributed by atoms with Crippen molar-refractivity contribution in [3.05, 3.63) is 12.3 Å². The van der Waals surface area contributed by atoms with Crippen LogP contribution < -0.4 is 0 Å². The first-order chi connectivity index (χ1) is 10.0. The van der Waals surface area contributed by atoms with E-state index in [1.807, 2.05) is 13.0 Å². The molecule has 1 spiro atoms. The van der Waals surface area contributed by atoms with Gasteiger partial charge in [-0.25, -0.2) is 0 Å². The highest BCUT2D eigenvalue weighted by Gasteiger charge is 2.67. The molecule has 0 aromatic rings. The number of hydrogen-bond acceptors (Lipinski definition) is 4. The molecule has 0 aromatic heterocycles. The Bertz CT molecular complexity index is 521. The minimum atomic E-state index is -1.93. The lowest BCUT2D eigenvalue weighted by molar-refractivity contribution is -0.196. The maximum atomic E-state index is 12.6. The Labute approximate surface area is 134 Å². The van der Waals surface area contributed by atoms with E-state index in [1.54, 1.807) is 6.26 Å². The predicted molar refractivity (Wildman–Crippen MR) is 86.9 cm³/mol. The normalized spacial score (nSPS) is 41.3. The van der Waals surface area contributed by atoms with Crippen molar-refractivity contribution in [2.75, 3.05) is 0 Å². The summed E-state index contributed by atoms with van der Waals surface area (Å²) in [5.41, 5.74) is -1.18. The van der Waals surface area contributed by atoms with E-state index in [2.05, 4.69) is 33.9 Å². The van der Waals surface area contributed by atoms with Gasteiger partial charge in [-0.05, 0) is 37.6 Å². The zero-order valence-corrected chi connectivity index (χ0v) is 15.6. The molecule has 1 aliphatic carbocycles. The Morgan fingerprint density at radius 2 is 2.05 bits per heavy atom. The fourth-order valence-corrected chi connectivity index (χ4v) is 5.07. The van der Waals surface area contributed by atoms with Gasteiger partial charge in [-0.15, -0.1) is 0 Å². The van der Waals surface area contributed by atoms with Crippen molar-refractivity contribution in [1.29, 1.82) is 0 Å². The molecule has 4 atom stereocenters. The first-order valence-corrected chi connectivity index (χ1v) is 11.1. The van der Waals surface area contributed by atoms with Crippen molar-refractivity contribution in [2.24, 2.45) is 5.41 Å². The number of Topliss-reactive ketones (excluding diaryl/α,β-unsaturated/α-hetero) is 1. The summed E-state index contributed by atoms with van der Waals surface area (Å²) >= 11 is 0. The summed E-state index contributed by atoms with van der Waals surface area (Å²) in [6.07, 6.45) is 5.19. The fraction of sp³-hybridized carbons (Fsp3) is 0.824. The highest BCUT2D eigenvalue weighted by atomic mass is 28.4. The van der Waals surface area contributed by atoms with Crippen LogP contribution in [0.3, 0.4) is 0 Å². The lowest BCUT2D eigenvalue weighted by Gasteiger charge is -2.51. The summed E-state index contributed by atoms with van der Waals surface area (Å²) in [7, 11) is -1.93. The largest absolute Gasteiger partial charge is 0.473 e. The minimum Gasteiger partial charge on any atom is -0.473 e. The first-order valence-electron chi connectivity index (χ1n) is 8.24. The molecule has 2 aliphatic heterocycles. The second-order valence-electron chi connectivity index (χ2n) is 8.64. The number of ketones is 1. The van der Waals surface area contributed by atoms with Gasteiger partial charge in [0.2, 0.25) is 6.29 Å². The van der Waals surface area contributed by atoms with E-state index in [0.717, 1.165) is 6.42 Å². The number of hydrogen-bond donors (Lipinski definition) is 0. The molecule has 3 rings (SSSR count). The van der Waals surface area contributed by atoms with Crippen LogP contribution in [0.25, 0.3) is 0 Å². The van der Waals surface area contributed by atoms with Gasteiger partial charge < -0.3 is 13.9 Å². The molecule has 0 N–H and O–H groups in total. The van der Waals surface area contributed by atoms with E-state index in [4.69, 9.17) is 13.9 Å². The van der Waals surface area contributed by atoms with Gasteiger partial charge in [0.15, 0.2) is 8.32 Å². The van der Waals surface area contributed by atoms with Gasteiger partial charge in [0.25, 0.3) is 0 Å². The maximum absolute atomic E-state index is 12.6. The maximum Gasteiger partial charge on any atom is 0.201 e. The van der Waals surface area contributed by atoms with E-state index in [0.29, 0.717) is 12.8 Å². The highest BCUT2D eigenvalue weighted by molar-refractivity contribution is 6.74. The molecule has 2 bridgehead atoms. The molecule has 0 amide bonds. The summed E-state index contributed by atoms with van der Waals surface area (Å²) in [4.78, 5) is 12.6. The predicted octanol–water partition coefficient (Wildman–Crippen LogP) is 3.78. The van der Waals surface area contributed by atoms with Crippen LogP contribution in [0.2, 0.25) is 18.1 Å². The van der Waals surface area contributed by atoms with Gasteiger partial charge in [-0.1, -0.05) is 20.8 Å². The average Bonchev–Trinajstić information content (AvgIpc) is 2.60. The Hall–Kier alpha value is -0.653. The zero-order valence-electron chi connectivity index (χ0n) is 14.6. The standard InChI is InChI=1S/C17H28O4Si/c1-15(2,3)22(5,6)21-13-8-7-12(18)16(4)11-14-19-10-9-17(13,16)20-14/h9-10,13-14H,7-8,11H2,1-6H3/t13-,14-,16-,17+/m1/s1. The third-order valence-electron chi connectivity index (χ3n) is 6.28. The van der Waals surface area contributed by atoms with Crippen LogP contribution in [0.1, 0.15) is 47.0 Å². The number of carbonyl (C=O) groups is 1. The van der Waals surface area contributed by atoms with Gasteiger partial charge in [-0.3, -0.25) is 4.79 Å². The molecule has 22 heavy (non-hydrogen) atoms. The van der Waals surface area contributed by atoms with Gasteiger partial charge >= 0.3 is 0 Å². The molecule has 2 heterocycles. The molecular weight excluding hydrogens is 296 g/mol. The Morgan fingerprint density at radius 3 is 2.68 bits per heavy atom. The van der Waals surface area contributed by atoms with Crippen LogP contribution in [0.4, 0.5) is 0 Å². The van der Waals surface area contributed by atoms with E-state index in [1.165, 1.54) is 0 Å². The SMILES string of the molecule is CC(C)(C)[Si](C)(C)O[C@@H]1CCC(=O)[C@@]2(C)C[C@@H]3OC=C[C@]12O3. The molecule has 0 radical (unpaired) electrons. The minimum absolute atomic E-state index is 0.0683. The molecular formula is C17H28O4Si. The van der Waals surface area contributed by atoms with Crippen molar-refractivity contribution in [1.82, 2.24) is 0 Å². The average molecular weight is 324 g/mol. The van der Waals surface area contributed by atoms with E-state index in [9.17, 15) is 4.79 Å². The van der Waals surface area contributed by atoms with Crippen molar-refractivity contribution in [2.45, 2.75) is 83.1 Å². The van der Waals surface area contributed by atoms with Crippen LogP contribution in [0.5, 0.6) is 0 Å². The lowest BCUT2D eigenvalue weighted by Crippen LogP contribution is -2.62. The van der Waals surface area contributed by atoms with Crippen LogP contribution in [0, 0.1) is 5.41 Å². The first kappa shape index (κ1) is 16.2. The molecule has 3 aliphatic rings. The highest BCUT2D eigenvalue weighted by Crippen LogP contribution is 2.57. The number of rotatable bonds is 2. The number of fused-ring (bicyclic) bond motifs is 1. The van der Waals surface area contributed by atoms with Crippen molar-refractivity contribution in [3.63, 3.8) is 0 Å². The summed E-state index contributed by atoms with van der Waals surface area (Å²) in [6, 6.07) is 0. The summed E-state index contributed by atoms with van der Waals surface area (Å²) in [6.45, 7) is 13.3. The fourth-order valence-electron chi connectivity index (χ4n) is 3.71. The van der Waals surface area contributed by atoms with Crippen LogP contribution in [-0.2, 0) is 18.7 Å². The molecule has 0 aromatic carbocycles. The van der Waals surface area contributed by atoms with E-state index in [-0.39, 0.29) is 23.2 Å². The second-order valence-corrected chi connectivity index (χ2v) is 13.4. The Kier molecular flexibility index (Phi) is 3.45. The number of carbonyl (C=O) groups excluding carboxylic acids is 1. The van der Waals surface area contributed by atoms with Gasteiger partial charge in [0.1, 0.15) is 11.4 Å². The summed E-state index contributed by atoms with van der Waals surface area (Å²) < 4.78 is 18.4. The zero-order chi connectivity index (χ0) is 16.4. The van der Waals surface area contributed by atoms with Crippen LogP contribution >= 0.6 is 0 Å². The van der Waals surface area contributed by atoms with Crippen molar-refractivity contribution >= 4 is 14.1 Å².